The van der Waals surface area contributed by atoms with E-state index in [1.807, 2.05) is 24.3 Å². The van der Waals surface area contributed by atoms with Crippen LogP contribution in [-0.4, -0.2) is 20.1 Å². The third kappa shape index (κ3) is 3.50. The van der Waals surface area contributed by atoms with Gasteiger partial charge in [-0.1, -0.05) is 12.1 Å². The molecular weight excluding hydrogens is 352 g/mol. The molecule has 0 aliphatic rings. The van der Waals surface area contributed by atoms with Crippen molar-refractivity contribution in [2.45, 2.75) is 26.9 Å². The molecule has 0 radical (unpaired) electrons. The third-order valence-corrected chi connectivity index (χ3v) is 4.85. The predicted molar refractivity (Wildman–Crippen MR) is 96.7 cm³/mol. The maximum absolute atomic E-state index is 5.93. The normalized spacial score (nSPS) is 11.0. The van der Waals surface area contributed by atoms with Crippen LogP contribution in [0.2, 0.25) is 0 Å². The molecule has 0 amide bonds. The summed E-state index contributed by atoms with van der Waals surface area (Å²) in [4.78, 5) is 14.9. The highest BCUT2D eigenvalue weighted by Gasteiger charge is 2.10. The zero-order valence-electron chi connectivity index (χ0n) is 14.3. The minimum Gasteiger partial charge on any atom is -0.484 e. The molecule has 0 aliphatic heterocycles. The summed E-state index contributed by atoms with van der Waals surface area (Å²) in [6.07, 6.45) is 2.49. The SMILES string of the molecule is CCc1cc2c(Oc3ccc(OCc4nc(C)no4)cc3)ncnc2s1. The predicted octanol–water partition coefficient (Wildman–Crippen LogP) is 4.32. The van der Waals surface area contributed by atoms with Crippen LogP contribution in [0.1, 0.15) is 23.5 Å². The van der Waals surface area contributed by atoms with Crippen molar-refractivity contribution in [2.75, 3.05) is 0 Å². The fourth-order valence-corrected chi connectivity index (χ4v) is 3.32. The molecule has 132 valence electrons. The monoisotopic (exact) mass is 368 g/mol. The number of aromatic nitrogens is 4. The van der Waals surface area contributed by atoms with E-state index in [1.165, 1.54) is 11.2 Å². The zero-order valence-corrected chi connectivity index (χ0v) is 15.1. The van der Waals surface area contributed by atoms with Crippen LogP contribution in [-0.2, 0) is 13.0 Å². The third-order valence-electron chi connectivity index (χ3n) is 3.66. The number of hydrogen-bond acceptors (Lipinski definition) is 8. The maximum Gasteiger partial charge on any atom is 0.264 e. The molecule has 0 N–H and O–H groups in total. The van der Waals surface area contributed by atoms with Crippen molar-refractivity contribution in [1.29, 1.82) is 0 Å². The molecule has 0 bridgehead atoms. The fraction of sp³-hybridized carbons (Fsp3) is 0.222. The highest BCUT2D eigenvalue weighted by atomic mass is 32.1. The van der Waals surface area contributed by atoms with Crippen LogP contribution in [0, 0.1) is 6.92 Å². The Bertz CT molecular complexity index is 1030. The van der Waals surface area contributed by atoms with Crippen molar-refractivity contribution in [2.24, 2.45) is 0 Å². The minimum absolute atomic E-state index is 0.224. The van der Waals surface area contributed by atoms with E-state index in [1.54, 1.807) is 18.3 Å². The Balaban J connectivity index is 1.46. The number of hydrogen-bond donors (Lipinski definition) is 0. The molecule has 0 spiro atoms. The molecule has 0 atom stereocenters. The zero-order chi connectivity index (χ0) is 17.9. The van der Waals surface area contributed by atoms with Gasteiger partial charge in [0, 0.05) is 4.88 Å². The Labute approximate surface area is 153 Å². The second-order valence-corrected chi connectivity index (χ2v) is 6.68. The highest BCUT2D eigenvalue weighted by Crippen LogP contribution is 2.32. The van der Waals surface area contributed by atoms with Crippen LogP contribution >= 0.6 is 11.3 Å². The molecular formula is C18H16N4O3S. The molecule has 0 aliphatic carbocycles. The van der Waals surface area contributed by atoms with Crippen molar-refractivity contribution < 1.29 is 14.0 Å². The van der Waals surface area contributed by atoms with E-state index < -0.39 is 0 Å². The first-order chi connectivity index (χ1) is 12.7. The molecule has 3 heterocycles. The van der Waals surface area contributed by atoms with E-state index in [0.717, 1.165) is 16.6 Å². The van der Waals surface area contributed by atoms with Crippen molar-refractivity contribution in [3.8, 4) is 17.4 Å². The van der Waals surface area contributed by atoms with Crippen molar-refractivity contribution in [3.63, 3.8) is 0 Å². The van der Waals surface area contributed by atoms with Gasteiger partial charge in [-0.3, -0.25) is 0 Å². The molecule has 0 unspecified atom stereocenters. The van der Waals surface area contributed by atoms with Gasteiger partial charge in [-0.25, -0.2) is 9.97 Å². The molecule has 4 rings (SSSR count). The van der Waals surface area contributed by atoms with Crippen LogP contribution in [0.3, 0.4) is 0 Å². The van der Waals surface area contributed by atoms with E-state index in [4.69, 9.17) is 14.0 Å². The first kappa shape index (κ1) is 16.5. The molecule has 26 heavy (non-hydrogen) atoms. The first-order valence-corrected chi connectivity index (χ1v) is 8.96. The Hall–Kier alpha value is -3.00. The topological polar surface area (TPSA) is 83.2 Å². The second-order valence-electron chi connectivity index (χ2n) is 5.56. The van der Waals surface area contributed by atoms with E-state index in [-0.39, 0.29) is 6.61 Å². The van der Waals surface area contributed by atoms with E-state index >= 15 is 0 Å². The van der Waals surface area contributed by atoms with Crippen LogP contribution in [0.15, 0.2) is 41.2 Å². The highest BCUT2D eigenvalue weighted by molar-refractivity contribution is 7.18. The maximum atomic E-state index is 5.93. The molecule has 0 saturated carbocycles. The molecule has 0 saturated heterocycles. The fourth-order valence-electron chi connectivity index (χ4n) is 2.40. The smallest absolute Gasteiger partial charge is 0.264 e. The minimum atomic E-state index is 0.224. The standard InChI is InChI=1S/C18H16N4O3S/c1-3-14-8-15-17(19-10-20-18(15)26-14)24-13-6-4-12(5-7-13)23-9-16-21-11(2)22-25-16/h4-8,10H,3,9H2,1-2H3. The van der Waals surface area contributed by atoms with Gasteiger partial charge in [0.2, 0.25) is 5.88 Å². The van der Waals surface area contributed by atoms with E-state index in [2.05, 4.69) is 33.1 Å². The van der Waals surface area contributed by atoms with Gasteiger partial charge in [0.05, 0.1) is 5.39 Å². The lowest BCUT2D eigenvalue weighted by Crippen LogP contribution is -1.96. The summed E-state index contributed by atoms with van der Waals surface area (Å²) in [5, 5.41) is 4.66. The van der Waals surface area contributed by atoms with Crippen LogP contribution in [0.5, 0.6) is 17.4 Å². The van der Waals surface area contributed by atoms with Gasteiger partial charge in [0.25, 0.3) is 5.89 Å². The molecule has 0 fully saturated rings. The summed E-state index contributed by atoms with van der Waals surface area (Å²) in [5.41, 5.74) is 0. The summed E-state index contributed by atoms with van der Waals surface area (Å²) < 4.78 is 16.6. The summed E-state index contributed by atoms with van der Waals surface area (Å²) in [7, 11) is 0. The average Bonchev–Trinajstić information content (AvgIpc) is 3.27. The Kier molecular flexibility index (Phi) is 4.49. The number of thiophene rings is 1. The van der Waals surface area contributed by atoms with E-state index in [0.29, 0.717) is 29.1 Å². The second kappa shape index (κ2) is 7.09. The largest absolute Gasteiger partial charge is 0.484 e. The van der Waals surface area contributed by atoms with Gasteiger partial charge in [-0.2, -0.15) is 4.98 Å². The molecule has 3 aromatic heterocycles. The Morgan fingerprint density at radius 1 is 1.12 bits per heavy atom. The van der Waals surface area contributed by atoms with Crippen LogP contribution < -0.4 is 9.47 Å². The quantitative estimate of drug-likeness (QED) is 0.501. The van der Waals surface area contributed by atoms with Crippen molar-refractivity contribution >= 4 is 21.6 Å². The lowest BCUT2D eigenvalue weighted by atomic mass is 10.3. The molecule has 4 aromatic rings. The molecule has 8 heteroatoms. The van der Waals surface area contributed by atoms with Gasteiger partial charge >= 0.3 is 0 Å². The van der Waals surface area contributed by atoms with Gasteiger partial charge in [0.1, 0.15) is 22.7 Å². The van der Waals surface area contributed by atoms with Gasteiger partial charge in [-0.05, 0) is 43.7 Å². The number of aryl methyl sites for hydroxylation is 2. The van der Waals surface area contributed by atoms with Gasteiger partial charge in [-0.15, -0.1) is 11.3 Å². The molecule has 1 aromatic carbocycles. The lowest BCUT2D eigenvalue weighted by Gasteiger charge is -2.07. The number of fused-ring (bicyclic) bond motifs is 1. The first-order valence-electron chi connectivity index (χ1n) is 8.14. The summed E-state index contributed by atoms with van der Waals surface area (Å²) in [6, 6.07) is 9.38. The van der Waals surface area contributed by atoms with Gasteiger partial charge < -0.3 is 14.0 Å². The van der Waals surface area contributed by atoms with Crippen molar-refractivity contribution in [3.05, 3.63) is 53.3 Å². The summed E-state index contributed by atoms with van der Waals surface area (Å²) in [6.45, 7) is 4.11. The van der Waals surface area contributed by atoms with Crippen LogP contribution in [0.4, 0.5) is 0 Å². The number of benzene rings is 1. The Morgan fingerprint density at radius 2 is 1.92 bits per heavy atom. The lowest BCUT2D eigenvalue weighted by molar-refractivity contribution is 0.242. The summed E-state index contributed by atoms with van der Waals surface area (Å²) >= 11 is 1.66. The van der Waals surface area contributed by atoms with E-state index in [9.17, 15) is 0 Å². The number of nitrogens with zero attached hydrogens (tertiary/aromatic N) is 4. The number of ether oxygens (including phenoxy) is 2. The molecule has 7 nitrogen and oxygen atoms in total. The Morgan fingerprint density at radius 3 is 2.65 bits per heavy atom. The number of rotatable bonds is 6. The van der Waals surface area contributed by atoms with Crippen LogP contribution in [0.25, 0.3) is 10.2 Å². The van der Waals surface area contributed by atoms with Crippen molar-refractivity contribution in [1.82, 2.24) is 20.1 Å². The average molecular weight is 368 g/mol. The van der Waals surface area contributed by atoms with Gasteiger partial charge in [0.15, 0.2) is 12.4 Å². The summed E-state index contributed by atoms with van der Waals surface area (Å²) in [5.74, 6) is 2.94.